The van der Waals surface area contributed by atoms with Gasteiger partial charge in [0.05, 0.1) is 30.5 Å². The number of ether oxygens (including phenoxy) is 1. The molecule has 3 aromatic rings. The van der Waals surface area contributed by atoms with E-state index in [4.69, 9.17) is 16.3 Å². The van der Waals surface area contributed by atoms with Crippen LogP contribution in [0, 0.1) is 0 Å². The first-order valence-corrected chi connectivity index (χ1v) is 12.6. The molecule has 1 N–H and O–H groups in total. The normalized spacial score (nSPS) is 19.5. The van der Waals surface area contributed by atoms with Crippen molar-refractivity contribution in [3.05, 3.63) is 76.9 Å². The predicted molar refractivity (Wildman–Crippen MR) is 141 cm³/mol. The van der Waals surface area contributed by atoms with Gasteiger partial charge >= 0.3 is 0 Å². The third kappa shape index (κ3) is 4.94. The molecule has 0 saturated carbocycles. The number of hydrogen-bond donors (Lipinski definition) is 1. The van der Waals surface area contributed by atoms with E-state index in [1.807, 2.05) is 53.4 Å². The highest BCUT2D eigenvalue weighted by Gasteiger charge is 2.32. The van der Waals surface area contributed by atoms with Crippen molar-refractivity contribution in [2.45, 2.75) is 32.4 Å². The average Bonchev–Trinajstić information content (AvgIpc) is 2.90. The van der Waals surface area contributed by atoms with Gasteiger partial charge in [-0.25, -0.2) is 0 Å². The molecule has 3 heterocycles. The fourth-order valence-electron chi connectivity index (χ4n) is 5.03. The first-order valence-electron chi connectivity index (χ1n) is 12.2. The van der Waals surface area contributed by atoms with E-state index in [0.717, 1.165) is 34.6 Å². The first kappa shape index (κ1) is 24.3. The highest BCUT2D eigenvalue weighted by molar-refractivity contribution is 6.30. The Hall–Kier alpha value is -3.42. The van der Waals surface area contributed by atoms with Crippen LogP contribution in [0.5, 0.6) is 0 Å². The molecule has 2 unspecified atom stereocenters. The van der Waals surface area contributed by atoms with E-state index in [1.165, 1.54) is 0 Å². The van der Waals surface area contributed by atoms with E-state index < -0.39 is 0 Å². The van der Waals surface area contributed by atoms with Crippen LogP contribution in [0.15, 0.2) is 60.8 Å². The molecular formula is C28H29ClN4O3. The Morgan fingerprint density at radius 3 is 2.47 bits per heavy atom. The van der Waals surface area contributed by atoms with Crippen molar-refractivity contribution >= 4 is 34.8 Å². The van der Waals surface area contributed by atoms with E-state index in [2.05, 4.69) is 23.3 Å². The van der Waals surface area contributed by atoms with Crippen molar-refractivity contribution < 1.29 is 14.3 Å². The number of anilines is 2. The van der Waals surface area contributed by atoms with Crippen molar-refractivity contribution in [2.24, 2.45) is 0 Å². The molecule has 0 bridgehead atoms. The summed E-state index contributed by atoms with van der Waals surface area (Å²) in [5.41, 5.74) is 5.17. The van der Waals surface area contributed by atoms with Gasteiger partial charge in [-0.05, 0) is 67.4 Å². The molecule has 36 heavy (non-hydrogen) atoms. The van der Waals surface area contributed by atoms with Crippen molar-refractivity contribution in [3.63, 3.8) is 0 Å². The lowest BCUT2D eigenvalue weighted by Crippen LogP contribution is -2.43. The second-order valence-corrected chi connectivity index (χ2v) is 9.72. The molecule has 2 aliphatic heterocycles. The summed E-state index contributed by atoms with van der Waals surface area (Å²) in [6, 6.07) is 17.5. The third-order valence-electron chi connectivity index (χ3n) is 6.81. The van der Waals surface area contributed by atoms with Crippen LogP contribution in [-0.4, -0.2) is 54.0 Å². The number of aromatic nitrogens is 1. The molecule has 0 aliphatic carbocycles. The number of pyridine rings is 1. The van der Waals surface area contributed by atoms with Crippen LogP contribution in [-0.2, 0) is 9.53 Å². The first-order chi connectivity index (χ1) is 17.4. The lowest BCUT2D eigenvalue weighted by atomic mass is 9.89. The Labute approximate surface area is 216 Å². The van der Waals surface area contributed by atoms with E-state index in [-0.39, 0.29) is 23.9 Å². The van der Waals surface area contributed by atoms with Gasteiger partial charge in [0.15, 0.2) is 0 Å². The minimum atomic E-state index is -0.0268. The maximum Gasteiger partial charge on any atom is 0.255 e. The van der Waals surface area contributed by atoms with Gasteiger partial charge in [-0.2, -0.15) is 0 Å². The summed E-state index contributed by atoms with van der Waals surface area (Å²) in [7, 11) is 0. The van der Waals surface area contributed by atoms with Crippen LogP contribution >= 0.6 is 11.6 Å². The van der Waals surface area contributed by atoms with Crippen molar-refractivity contribution in [2.75, 3.05) is 36.5 Å². The number of hydrogen-bond acceptors (Lipinski definition) is 5. The van der Waals surface area contributed by atoms with Gasteiger partial charge < -0.3 is 19.9 Å². The van der Waals surface area contributed by atoms with E-state index in [0.29, 0.717) is 36.9 Å². The fourth-order valence-corrected chi connectivity index (χ4v) is 5.15. The van der Waals surface area contributed by atoms with E-state index in [1.54, 1.807) is 18.0 Å². The maximum absolute atomic E-state index is 12.8. The van der Waals surface area contributed by atoms with Crippen LogP contribution in [0.2, 0.25) is 5.02 Å². The van der Waals surface area contributed by atoms with Crippen LogP contribution in [0.1, 0.15) is 42.2 Å². The van der Waals surface area contributed by atoms with Crippen molar-refractivity contribution in [1.82, 2.24) is 9.88 Å². The number of halogens is 1. The number of fused-ring (bicyclic) bond motifs is 1. The lowest BCUT2D eigenvalue weighted by Gasteiger charge is -2.39. The Bertz CT molecular complexity index is 1260. The summed E-state index contributed by atoms with van der Waals surface area (Å²) in [5.74, 6) is -0.00773. The second-order valence-electron chi connectivity index (χ2n) is 9.29. The highest BCUT2D eigenvalue weighted by Crippen LogP contribution is 2.41. The number of rotatable bonds is 4. The zero-order valence-corrected chi connectivity index (χ0v) is 21.2. The second kappa shape index (κ2) is 10.3. The van der Waals surface area contributed by atoms with Gasteiger partial charge in [-0.3, -0.25) is 14.6 Å². The molecule has 2 aromatic carbocycles. The number of nitrogens with zero attached hydrogens (tertiary/aromatic N) is 3. The van der Waals surface area contributed by atoms with Crippen LogP contribution in [0.3, 0.4) is 0 Å². The van der Waals surface area contributed by atoms with Crippen LogP contribution in [0.4, 0.5) is 11.4 Å². The summed E-state index contributed by atoms with van der Waals surface area (Å²) < 4.78 is 5.34. The Morgan fingerprint density at radius 1 is 1.06 bits per heavy atom. The van der Waals surface area contributed by atoms with Crippen LogP contribution in [0.25, 0.3) is 11.3 Å². The van der Waals surface area contributed by atoms with E-state index in [9.17, 15) is 9.59 Å². The molecule has 7 nitrogen and oxygen atoms in total. The zero-order valence-electron chi connectivity index (χ0n) is 20.4. The number of nitrogens with one attached hydrogen (secondary N) is 1. The molecule has 2 atom stereocenters. The van der Waals surface area contributed by atoms with Gasteiger partial charge in [0.2, 0.25) is 5.91 Å². The molecule has 2 amide bonds. The molecule has 8 heteroatoms. The molecule has 1 fully saturated rings. The highest BCUT2D eigenvalue weighted by atomic mass is 35.5. The molecular weight excluding hydrogens is 476 g/mol. The largest absolute Gasteiger partial charge is 0.378 e. The van der Waals surface area contributed by atoms with Gasteiger partial charge in [-0.15, -0.1) is 0 Å². The standard InChI is InChI=1S/C28H29ClN4O3/c1-18-15-26(31-23-7-5-22(29)6-8-23)24-16-20(4-10-27(24)33(18)19(2)34)25-9-3-21(17-30-25)28(35)32-11-13-36-14-12-32/h3-10,16-18,26,31H,11-15H2,1-2H3. The Kier molecular flexibility index (Phi) is 6.94. The van der Waals surface area contributed by atoms with Crippen molar-refractivity contribution in [1.29, 1.82) is 0 Å². The molecule has 1 aromatic heterocycles. The molecule has 186 valence electrons. The topological polar surface area (TPSA) is 74.8 Å². The zero-order chi connectivity index (χ0) is 25.2. The summed E-state index contributed by atoms with van der Waals surface area (Å²) in [4.78, 5) is 33.5. The lowest BCUT2D eigenvalue weighted by molar-refractivity contribution is -0.117. The summed E-state index contributed by atoms with van der Waals surface area (Å²) >= 11 is 6.07. The van der Waals surface area contributed by atoms with Gasteiger partial charge in [0.25, 0.3) is 5.91 Å². The minimum absolute atomic E-state index is 0.00824. The average molecular weight is 505 g/mol. The molecule has 2 aliphatic rings. The van der Waals surface area contributed by atoms with Gasteiger partial charge in [-0.1, -0.05) is 17.7 Å². The number of morpholine rings is 1. The number of carbonyl (C=O) groups excluding carboxylic acids is 2. The van der Waals surface area contributed by atoms with Crippen LogP contribution < -0.4 is 10.2 Å². The molecule has 0 spiro atoms. The third-order valence-corrected chi connectivity index (χ3v) is 7.06. The fraction of sp³-hybridized carbons (Fsp3) is 0.321. The quantitative estimate of drug-likeness (QED) is 0.530. The Morgan fingerprint density at radius 2 is 1.81 bits per heavy atom. The Balaban J connectivity index is 1.45. The van der Waals surface area contributed by atoms with Gasteiger partial charge in [0, 0.05) is 54.2 Å². The molecule has 1 saturated heterocycles. The number of carbonyl (C=O) groups is 2. The number of benzene rings is 2. The number of amides is 2. The van der Waals surface area contributed by atoms with Gasteiger partial charge in [0.1, 0.15) is 0 Å². The minimum Gasteiger partial charge on any atom is -0.378 e. The monoisotopic (exact) mass is 504 g/mol. The molecule has 5 rings (SSSR count). The predicted octanol–water partition coefficient (Wildman–Crippen LogP) is 5.17. The summed E-state index contributed by atoms with van der Waals surface area (Å²) in [6.07, 6.45) is 2.40. The summed E-state index contributed by atoms with van der Waals surface area (Å²) in [6.45, 7) is 5.99. The molecule has 0 radical (unpaired) electrons. The smallest absolute Gasteiger partial charge is 0.255 e. The van der Waals surface area contributed by atoms with E-state index >= 15 is 0 Å². The maximum atomic E-state index is 12.8. The summed E-state index contributed by atoms with van der Waals surface area (Å²) in [5, 5.41) is 4.30. The van der Waals surface area contributed by atoms with Crippen molar-refractivity contribution in [3.8, 4) is 11.3 Å². The SMILES string of the molecule is CC(=O)N1c2ccc(-c3ccc(C(=O)N4CCOCC4)cn3)cc2C(Nc2ccc(Cl)cc2)CC1C.